The van der Waals surface area contributed by atoms with Gasteiger partial charge in [-0.1, -0.05) is 30.3 Å². The molecule has 1 heterocycles. The van der Waals surface area contributed by atoms with Crippen LogP contribution in [-0.4, -0.2) is 36.6 Å². The maximum atomic E-state index is 12.4. The van der Waals surface area contributed by atoms with Gasteiger partial charge in [0.15, 0.2) is 0 Å². The Morgan fingerprint density at radius 3 is 2.89 bits per heavy atom. The standard InChI is InChI=1S/C14H16N2O2/c1-11(12-5-3-2-4-6-12)14(17)16-7-8-18-10-13(16)9-15/h2-6,11,13H,7-8,10H2,1H3/t11-,13-/m1/s1. The molecule has 4 heteroatoms. The summed E-state index contributed by atoms with van der Waals surface area (Å²) in [5.74, 6) is -0.226. The number of rotatable bonds is 2. The predicted octanol–water partition coefficient (Wildman–Crippen LogP) is 1.54. The summed E-state index contributed by atoms with van der Waals surface area (Å²) in [6, 6.07) is 11.3. The Bertz CT molecular complexity index is 453. The third-order valence-corrected chi connectivity index (χ3v) is 3.23. The van der Waals surface area contributed by atoms with Gasteiger partial charge in [-0.3, -0.25) is 4.79 Å². The number of morpholine rings is 1. The van der Waals surface area contributed by atoms with E-state index in [0.717, 1.165) is 5.56 Å². The lowest BCUT2D eigenvalue weighted by Crippen LogP contribution is -2.49. The van der Waals surface area contributed by atoms with Gasteiger partial charge in [-0.2, -0.15) is 5.26 Å². The highest BCUT2D eigenvalue weighted by Crippen LogP contribution is 2.20. The van der Waals surface area contributed by atoms with E-state index in [4.69, 9.17) is 10.00 Å². The Kier molecular flexibility index (Phi) is 3.96. The van der Waals surface area contributed by atoms with Crippen molar-refractivity contribution in [2.75, 3.05) is 19.8 Å². The molecule has 2 atom stereocenters. The Morgan fingerprint density at radius 1 is 1.50 bits per heavy atom. The highest BCUT2D eigenvalue weighted by atomic mass is 16.5. The highest BCUT2D eigenvalue weighted by Gasteiger charge is 2.30. The number of hydrogen-bond acceptors (Lipinski definition) is 3. The maximum Gasteiger partial charge on any atom is 0.231 e. The van der Waals surface area contributed by atoms with Crippen molar-refractivity contribution in [3.63, 3.8) is 0 Å². The second-order valence-electron chi connectivity index (χ2n) is 4.38. The Morgan fingerprint density at radius 2 is 2.22 bits per heavy atom. The van der Waals surface area contributed by atoms with Crippen LogP contribution in [0.15, 0.2) is 30.3 Å². The first-order chi connectivity index (χ1) is 8.74. The molecule has 2 rings (SSSR count). The lowest BCUT2D eigenvalue weighted by molar-refractivity contribution is -0.139. The van der Waals surface area contributed by atoms with Gasteiger partial charge in [-0.15, -0.1) is 0 Å². The van der Waals surface area contributed by atoms with Gasteiger partial charge in [0.25, 0.3) is 0 Å². The SMILES string of the molecule is C[C@@H](C(=O)N1CCOC[C@H]1C#N)c1ccccc1. The molecule has 4 nitrogen and oxygen atoms in total. The molecule has 0 aliphatic carbocycles. The van der Waals surface area contributed by atoms with Crippen LogP contribution in [0.2, 0.25) is 0 Å². The van der Waals surface area contributed by atoms with Gasteiger partial charge in [-0.05, 0) is 12.5 Å². The van der Waals surface area contributed by atoms with Crippen LogP contribution in [0, 0.1) is 11.3 Å². The van der Waals surface area contributed by atoms with Gasteiger partial charge in [0.1, 0.15) is 6.04 Å². The van der Waals surface area contributed by atoms with E-state index in [0.29, 0.717) is 19.8 Å². The lowest BCUT2D eigenvalue weighted by Gasteiger charge is -2.33. The molecule has 1 aromatic carbocycles. The summed E-state index contributed by atoms with van der Waals surface area (Å²) in [6.07, 6.45) is 0. The van der Waals surface area contributed by atoms with Crippen LogP contribution in [0.25, 0.3) is 0 Å². The first kappa shape index (κ1) is 12.6. The van der Waals surface area contributed by atoms with Crippen molar-refractivity contribution in [2.24, 2.45) is 0 Å². The van der Waals surface area contributed by atoms with Gasteiger partial charge in [0.2, 0.25) is 5.91 Å². The minimum absolute atomic E-state index is 0.00366. The minimum Gasteiger partial charge on any atom is -0.376 e. The van der Waals surface area contributed by atoms with Crippen LogP contribution >= 0.6 is 0 Å². The van der Waals surface area contributed by atoms with Crippen molar-refractivity contribution in [3.8, 4) is 6.07 Å². The zero-order chi connectivity index (χ0) is 13.0. The van der Waals surface area contributed by atoms with Crippen molar-refractivity contribution in [2.45, 2.75) is 18.9 Å². The summed E-state index contributed by atoms with van der Waals surface area (Å²) in [5, 5.41) is 9.04. The van der Waals surface area contributed by atoms with Gasteiger partial charge >= 0.3 is 0 Å². The fourth-order valence-electron chi connectivity index (χ4n) is 2.11. The van der Waals surface area contributed by atoms with Crippen molar-refractivity contribution in [3.05, 3.63) is 35.9 Å². The zero-order valence-corrected chi connectivity index (χ0v) is 10.4. The van der Waals surface area contributed by atoms with E-state index >= 15 is 0 Å². The molecule has 0 radical (unpaired) electrons. The van der Waals surface area contributed by atoms with E-state index in [1.165, 1.54) is 0 Å². The van der Waals surface area contributed by atoms with E-state index in [9.17, 15) is 4.79 Å². The second-order valence-corrected chi connectivity index (χ2v) is 4.38. The molecular weight excluding hydrogens is 228 g/mol. The number of hydrogen-bond donors (Lipinski definition) is 0. The Hall–Kier alpha value is -1.86. The zero-order valence-electron chi connectivity index (χ0n) is 10.4. The third kappa shape index (κ3) is 2.52. The van der Waals surface area contributed by atoms with Crippen LogP contribution in [0.5, 0.6) is 0 Å². The first-order valence-electron chi connectivity index (χ1n) is 6.07. The van der Waals surface area contributed by atoms with E-state index in [1.54, 1.807) is 4.90 Å². The fourth-order valence-corrected chi connectivity index (χ4v) is 2.11. The summed E-state index contributed by atoms with van der Waals surface area (Å²) in [7, 11) is 0. The number of carbonyl (C=O) groups excluding carboxylic acids is 1. The lowest BCUT2D eigenvalue weighted by atomic mass is 9.99. The number of ether oxygens (including phenoxy) is 1. The van der Waals surface area contributed by atoms with E-state index in [2.05, 4.69) is 6.07 Å². The molecule has 0 bridgehead atoms. The van der Waals surface area contributed by atoms with Crippen molar-refractivity contribution in [1.29, 1.82) is 5.26 Å². The molecule has 0 spiro atoms. The van der Waals surface area contributed by atoms with Crippen LogP contribution in [0.4, 0.5) is 0 Å². The molecule has 0 unspecified atom stereocenters. The summed E-state index contributed by atoms with van der Waals surface area (Å²) in [4.78, 5) is 14.0. The summed E-state index contributed by atoms with van der Waals surface area (Å²) >= 11 is 0. The number of carbonyl (C=O) groups is 1. The van der Waals surface area contributed by atoms with E-state index in [1.807, 2.05) is 37.3 Å². The molecule has 1 amide bonds. The molecule has 1 saturated heterocycles. The van der Waals surface area contributed by atoms with E-state index < -0.39 is 6.04 Å². The predicted molar refractivity (Wildman–Crippen MR) is 66.8 cm³/mol. The van der Waals surface area contributed by atoms with Crippen molar-refractivity contribution >= 4 is 5.91 Å². The molecule has 0 aromatic heterocycles. The van der Waals surface area contributed by atoms with Gasteiger partial charge in [0, 0.05) is 6.54 Å². The average Bonchev–Trinajstić information content (AvgIpc) is 2.46. The van der Waals surface area contributed by atoms with E-state index in [-0.39, 0.29) is 11.8 Å². The molecule has 1 aliphatic rings. The fraction of sp³-hybridized carbons (Fsp3) is 0.429. The molecule has 1 fully saturated rings. The molecule has 94 valence electrons. The maximum absolute atomic E-state index is 12.4. The second kappa shape index (κ2) is 5.65. The van der Waals surface area contributed by atoms with Crippen LogP contribution in [-0.2, 0) is 9.53 Å². The molecule has 0 N–H and O–H groups in total. The van der Waals surface area contributed by atoms with Crippen LogP contribution in [0.3, 0.4) is 0 Å². The van der Waals surface area contributed by atoms with Crippen molar-refractivity contribution in [1.82, 2.24) is 4.90 Å². The van der Waals surface area contributed by atoms with Gasteiger partial charge in [-0.25, -0.2) is 0 Å². The third-order valence-electron chi connectivity index (χ3n) is 3.23. The monoisotopic (exact) mass is 244 g/mol. The normalized spacial score (nSPS) is 21.1. The average molecular weight is 244 g/mol. The number of benzene rings is 1. The first-order valence-corrected chi connectivity index (χ1v) is 6.07. The topological polar surface area (TPSA) is 53.3 Å². The van der Waals surface area contributed by atoms with Crippen molar-refractivity contribution < 1.29 is 9.53 Å². The van der Waals surface area contributed by atoms with Crippen LogP contribution < -0.4 is 0 Å². The summed E-state index contributed by atoms with van der Waals surface area (Å²) < 4.78 is 5.22. The molecular formula is C14H16N2O2. The van der Waals surface area contributed by atoms with Gasteiger partial charge < -0.3 is 9.64 Å². The highest BCUT2D eigenvalue weighted by molar-refractivity contribution is 5.84. The molecule has 18 heavy (non-hydrogen) atoms. The Balaban J connectivity index is 2.13. The minimum atomic E-state index is -0.461. The smallest absolute Gasteiger partial charge is 0.231 e. The molecule has 0 saturated carbocycles. The largest absolute Gasteiger partial charge is 0.376 e. The molecule has 1 aliphatic heterocycles. The van der Waals surface area contributed by atoms with Gasteiger partial charge in [0.05, 0.1) is 25.2 Å². The van der Waals surface area contributed by atoms with Crippen LogP contribution in [0.1, 0.15) is 18.4 Å². The summed E-state index contributed by atoms with van der Waals surface area (Å²) in [5.41, 5.74) is 0.977. The quantitative estimate of drug-likeness (QED) is 0.793. The number of nitriles is 1. The molecule has 1 aromatic rings. The number of amides is 1. The number of nitrogens with zero attached hydrogens (tertiary/aromatic N) is 2. The Labute approximate surface area is 107 Å². The summed E-state index contributed by atoms with van der Waals surface area (Å²) in [6.45, 7) is 3.19.